The SMILES string of the molecule is Cc1cc(N2CCCC2=O)ccc1N1CCc2c(C(N)=O)nn(-c3cccc(CC(C)C)c3)c2C1=O. The van der Waals surface area contributed by atoms with Crippen molar-refractivity contribution in [3.63, 3.8) is 0 Å². The van der Waals surface area contributed by atoms with Crippen LogP contribution in [0.5, 0.6) is 0 Å². The first kappa shape index (κ1) is 23.8. The molecule has 2 aromatic carbocycles. The van der Waals surface area contributed by atoms with Crippen molar-refractivity contribution < 1.29 is 14.4 Å². The van der Waals surface area contributed by atoms with Crippen molar-refractivity contribution in [2.45, 2.75) is 46.5 Å². The Hall–Kier alpha value is -3.94. The van der Waals surface area contributed by atoms with E-state index in [1.54, 1.807) is 14.5 Å². The zero-order valence-corrected chi connectivity index (χ0v) is 21.0. The molecule has 0 aliphatic carbocycles. The average Bonchev–Trinajstić information content (AvgIpc) is 3.44. The maximum absolute atomic E-state index is 13.9. The first-order valence-electron chi connectivity index (χ1n) is 12.5. The van der Waals surface area contributed by atoms with E-state index in [0.29, 0.717) is 43.1 Å². The largest absolute Gasteiger partial charge is 0.364 e. The lowest BCUT2D eigenvalue weighted by Crippen LogP contribution is -2.39. The molecule has 0 bridgehead atoms. The molecule has 1 fully saturated rings. The van der Waals surface area contributed by atoms with E-state index < -0.39 is 5.91 Å². The Bertz CT molecular complexity index is 1370. The molecule has 1 aromatic heterocycles. The number of primary amides is 1. The predicted octanol–water partition coefficient (Wildman–Crippen LogP) is 3.81. The number of amides is 3. The summed E-state index contributed by atoms with van der Waals surface area (Å²) in [4.78, 5) is 41.8. The van der Waals surface area contributed by atoms with Gasteiger partial charge in [0.2, 0.25) is 5.91 Å². The number of carbonyl (C=O) groups excluding carboxylic acids is 3. The van der Waals surface area contributed by atoms with Gasteiger partial charge in [-0.1, -0.05) is 26.0 Å². The van der Waals surface area contributed by atoms with E-state index in [9.17, 15) is 14.4 Å². The molecule has 0 atom stereocenters. The van der Waals surface area contributed by atoms with Crippen LogP contribution >= 0.6 is 0 Å². The molecule has 3 heterocycles. The van der Waals surface area contributed by atoms with Gasteiger partial charge >= 0.3 is 0 Å². The second-order valence-corrected chi connectivity index (χ2v) is 10.0. The Morgan fingerprint density at radius 3 is 2.50 bits per heavy atom. The van der Waals surface area contributed by atoms with Crippen molar-refractivity contribution in [2.24, 2.45) is 11.7 Å². The van der Waals surface area contributed by atoms with Crippen LogP contribution in [-0.4, -0.2) is 40.6 Å². The number of rotatable bonds is 6. The minimum absolute atomic E-state index is 0.128. The number of nitrogens with two attached hydrogens (primary N) is 1. The molecule has 1 saturated heterocycles. The van der Waals surface area contributed by atoms with Gasteiger partial charge in [-0.15, -0.1) is 0 Å². The molecule has 0 saturated carbocycles. The number of hydrogen-bond donors (Lipinski definition) is 1. The Morgan fingerprint density at radius 2 is 1.83 bits per heavy atom. The van der Waals surface area contributed by atoms with Crippen LogP contribution in [0.25, 0.3) is 5.69 Å². The first-order valence-corrected chi connectivity index (χ1v) is 12.5. The zero-order valence-electron chi connectivity index (χ0n) is 21.0. The molecule has 36 heavy (non-hydrogen) atoms. The maximum atomic E-state index is 13.9. The fourth-order valence-corrected chi connectivity index (χ4v) is 5.29. The summed E-state index contributed by atoms with van der Waals surface area (Å²) in [6, 6.07) is 13.7. The third-order valence-electron chi connectivity index (χ3n) is 6.91. The van der Waals surface area contributed by atoms with E-state index in [1.807, 2.05) is 43.3 Å². The number of aromatic nitrogens is 2. The predicted molar refractivity (Wildman–Crippen MR) is 139 cm³/mol. The van der Waals surface area contributed by atoms with E-state index in [4.69, 9.17) is 5.73 Å². The summed E-state index contributed by atoms with van der Waals surface area (Å²) in [6.07, 6.45) is 2.79. The molecule has 186 valence electrons. The van der Waals surface area contributed by atoms with Gasteiger partial charge in [-0.2, -0.15) is 5.10 Å². The van der Waals surface area contributed by atoms with E-state index in [2.05, 4.69) is 25.0 Å². The smallest absolute Gasteiger partial charge is 0.277 e. The normalized spacial score (nSPS) is 15.7. The molecule has 0 radical (unpaired) electrons. The summed E-state index contributed by atoms with van der Waals surface area (Å²) < 4.78 is 1.57. The van der Waals surface area contributed by atoms with Crippen molar-refractivity contribution in [1.82, 2.24) is 9.78 Å². The third kappa shape index (κ3) is 4.17. The van der Waals surface area contributed by atoms with Crippen molar-refractivity contribution in [1.29, 1.82) is 0 Å². The Labute approximate surface area is 210 Å². The van der Waals surface area contributed by atoms with Gasteiger partial charge in [-0.25, -0.2) is 4.68 Å². The highest BCUT2D eigenvalue weighted by Gasteiger charge is 2.35. The van der Waals surface area contributed by atoms with Gasteiger partial charge < -0.3 is 15.5 Å². The number of fused-ring (bicyclic) bond motifs is 1. The second kappa shape index (κ2) is 9.26. The summed E-state index contributed by atoms with van der Waals surface area (Å²) in [5.74, 6) is -0.255. The van der Waals surface area contributed by atoms with Crippen LogP contribution < -0.4 is 15.5 Å². The Morgan fingerprint density at radius 1 is 1.03 bits per heavy atom. The minimum Gasteiger partial charge on any atom is -0.364 e. The topological polar surface area (TPSA) is 102 Å². The van der Waals surface area contributed by atoms with Crippen molar-refractivity contribution in [3.8, 4) is 5.69 Å². The summed E-state index contributed by atoms with van der Waals surface area (Å²) in [7, 11) is 0. The van der Waals surface area contributed by atoms with E-state index >= 15 is 0 Å². The number of nitrogens with zero attached hydrogens (tertiary/aromatic N) is 4. The molecule has 2 aliphatic rings. The quantitative estimate of drug-likeness (QED) is 0.574. The van der Waals surface area contributed by atoms with Crippen LogP contribution in [0.15, 0.2) is 42.5 Å². The second-order valence-electron chi connectivity index (χ2n) is 10.0. The molecule has 2 aliphatic heterocycles. The summed E-state index contributed by atoms with van der Waals surface area (Å²) in [5, 5.41) is 4.51. The molecule has 8 nitrogen and oxygen atoms in total. The van der Waals surface area contributed by atoms with Gasteiger partial charge in [-0.05, 0) is 73.6 Å². The molecule has 5 rings (SSSR count). The van der Waals surface area contributed by atoms with Crippen molar-refractivity contribution >= 4 is 29.1 Å². The lowest BCUT2D eigenvalue weighted by atomic mass is 10.0. The van der Waals surface area contributed by atoms with Gasteiger partial charge in [0.25, 0.3) is 11.8 Å². The minimum atomic E-state index is -0.639. The monoisotopic (exact) mass is 485 g/mol. The molecular weight excluding hydrogens is 454 g/mol. The summed E-state index contributed by atoms with van der Waals surface area (Å²) >= 11 is 0. The first-order chi connectivity index (χ1) is 17.2. The molecule has 0 unspecified atom stereocenters. The van der Waals surface area contributed by atoms with Crippen LogP contribution in [0.1, 0.15) is 64.4 Å². The maximum Gasteiger partial charge on any atom is 0.277 e. The van der Waals surface area contributed by atoms with Gasteiger partial charge in [0.05, 0.1) is 5.69 Å². The molecule has 8 heteroatoms. The summed E-state index contributed by atoms with van der Waals surface area (Å²) in [6.45, 7) is 7.39. The van der Waals surface area contributed by atoms with Gasteiger partial charge in [-0.3, -0.25) is 14.4 Å². The lowest BCUT2D eigenvalue weighted by molar-refractivity contribution is -0.117. The average molecular weight is 486 g/mol. The zero-order chi connectivity index (χ0) is 25.6. The molecular formula is C28H31N5O3. The van der Waals surface area contributed by atoms with Gasteiger partial charge in [0.15, 0.2) is 5.69 Å². The number of benzene rings is 2. The lowest BCUT2D eigenvalue weighted by Gasteiger charge is -2.29. The third-order valence-corrected chi connectivity index (χ3v) is 6.91. The van der Waals surface area contributed by atoms with Gasteiger partial charge in [0, 0.05) is 36.4 Å². The molecule has 2 N–H and O–H groups in total. The van der Waals surface area contributed by atoms with Crippen LogP contribution in [0, 0.1) is 12.8 Å². The van der Waals surface area contributed by atoms with E-state index in [1.165, 1.54) is 0 Å². The Balaban J connectivity index is 1.54. The van der Waals surface area contributed by atoms with Crippen molar-refractivity contribution in [3.05, 3.63) is 70.5 Å². The Kier molecular flexibility index (Phi) is 6.12. The highest BCUT2D eigenvalue weighted by Crippen LogP contribution is 2.33. The fraction of sp³-hybridized carbons (Fsp3) is 0.357. The number of carbonyl (C=O) groups is 3. The van der Waals surface area contributed by atoms with Crippen LogP contribution in [-0.2, 0) is 17.6 Å². The van der Waals surface area contributed by atoms with Gasteiger partial charge in [0.1, 0.15) is 5.69 Å². The van der Waals surface area contributed by atoms with E-state index in [0.717, 1.165) is 41.0 Å². The molecule has 3 aromatic rings. The highest BCUT2D eigenvalue weighted by atomic mass is 16.2. The van der Waals surface area contributed by atoms with E-state index in [-0.39, 0.29) is 17.5 Å². The number of aryl methyl sites for hydroxylation is 1. The molecule has 0 spiro atoms. The number of anilines is 2. The standard InChI is InChI=1S/C28H31N5O3/c1-17(2)14-19-6-4-7-21(16-19)33-26-22(25(30-33)27(29)35)11-13-32(28(26)36)23-10-9-20(15-18(23)3)31-12-5-8-24(31)34/h4,6-7,9-10,15-17H,5,8,11-14H2,1-3H3,(H2,29,35). The number of hydrogen-bond acceptors (Lipinski definition) is 4. The fourth-order valence-electron chi connectivity index (χ4n) is 5.29. The highest BCUT2D eigenvalue weighted by molar-refractivity contribution is 6.10. The summed E-state index contributed by atoms with van der Waals surface area (Å²) in [5.41, 5.74) is 11.2. The van der Waals surface area contributed by atoms with Crippen LogP contribution in [0.4, 0.5) is 11.4 Å². The van der Waals surface area contributed by atoms with Crippen LogP contribution in [0.2, 0.25) is 0 Å². The van der Waals surface area contributed by atoms with Crippen LogP contribution in [0.3, 0.4) is 0 Å². The van der Waals surface area contributed by atoms with Crippen molar-refractivity contribution in [2.75, 3.05) is 22.9 Å². The molecule has 3 amide bonds.